The van der Waals surface area contributed by atoms with Crippen molar-refractivity contribution < 1.29 is 14.7 Å². The maximum Gasteiger partial charge on any atom is 0.335 e. The number of nitrogens with one attached hydrogen (secondary N) is 1. The monoisotopic (exact) mass is 314 g/mol. The van der Waals surface area contributed by atoms with Crippen LogP contribution in [0.5, 0.6) is 0 Å². The minimum Gasteiger partial charge on any atom is -0.478 e. The normalized spacial score (nSPS) is 13.8. The summed E-state index contributed by atoms with van der Waals surface area (Å²) in [7, 11) is 0. The topological polar surface area (TPSA) is 92.4 Å². The molecule has 0 aliphatic heterocycles. The third-order valence-corrected chi connectivity index (χ3v) is 3.41. The van der Waals surface area contributed by atoms with Crippen LogP contribution >= 0.6 is 15.9 Å². The number of benzene rings is 1. The van der Waals surface area contributed by atoms with Crippen LogP contribution in [0.3, 0.4) is 0 Å². The second-order valence-electron chi connectivity index (χ2n) is 4.22. The van der Waals surface area contributed by atoms with Crippen molar-refractivity contribution in [2.75, 3.05) is 5.32 Å². The quantitative estimate of drug-likeness (QED) is 0.794. The number of hydrogen-bond donors (Lipinski definition) is 3. The number of rotatable bonds is 4. The molecule has 1 unspecified atom stereocenters. The molecule has 0 saturated heterocycles. The Morgan fingerprint density at radius 1 is 1.50 bits per heavy atom. The molecule has 0 aliphatic carbocycles. The van der Waals surface area contributed by atoms with Gasteiger partial charge in [0.05, 0.1) is 16.8 Å². The fraction of sp³-hybridized carbons (Fsp3) is 0.333. The average Bonchev–Trinajstić information content (AvgIpc) is 2.31. The molecular weight excluding hydrogens is 300 g/mol. The summed E-state index contributed by atoms with van der Waals surface area (Å²) in [5.41, 5.74) is 5.32. The van der Waals surface area contributed by atoms with Crippen LogP contribution in [0.1, 0.15) is 30.6 Å². The molecule has 1 rings (SSSR count). The average molecular weight is 315 g/mol. The first kappa shape index (κ1) is 14.7. The van der Waals surface area contributed by atoms with E-state index in [2.05, 4.69) is 21.2 Å². The van der Waals surface area contributed by atoms with Crippen LogP contribution in [-0.4, -0.2) is 22.5 Å². The number of halogens is 1. The van der Waals surface area contributed by atoms with Gasteiger partial charge in [0.1, 0.15) is 0 Å². The van der Waals surface area contributed by atoms with E-state index >= 15 is 0 Å². The number of carbonyl (C=O) groups excluding carboxylic acids is 1. The third-order valence-electron chi connectivity index (χ3n) is 2.71. The summed E-state index contributed by atoms with van der Waals surface area (Å²) < 4.78 is 0.604. The van der Waals surface area contributed by atoms with Crippen LogP contribution in [0.4, 0.5) is 5.69 Å². The van der Waals surface area contributed by atoms with Gasteiger partial charge in [-0.05, 0) is 47.5 Å². The Kier molecular flexibility index (Phi) is 4.48. The van der Waals surface area contributed by atoms with Crippen molar-refractivity contribution in [3.8, 4) is 0 Å². The molecule has 0 aromatic heterocycles. The van der Waals surface area contributed by atoms with Gasteiger partial charge < -0.3 is 16.2 Å². The number of nitrogens with two attached hydrogens (primary N) is 1. The van der Waals surface area contributed by atoms with Gasteiger partial charge in [0.15, 0.2) is 0 Å². The molecule has 1 atom stereocenters. The molecule has 1 amide bonds. The zero-order chi connectivity index (χ0) is 13.9. The van der Waals surface area contributed by atoms with Crippen molar-refractivity contribution in [2.24, 2.45) is 5.73 Å². The van der Waals surface area contributed by atoms with Gasteiger partial charge in [-0.2, -0.15) is 0 Å². The van der Waals surface area contributed by atoms with E-state index in [0.717, 1.165) is 0 Å². The van der Waals surface area contributed by atoms with Crippen LogP contribution in [0.15, 0.2) is 22.7 Å². The van der Waals surface area contributed by atoms with E-state index in [1.165, 1.54) is 12.1 Å². The zero-order valence-electron chi connectivity index (χ0n) is 10.2. The second-order valence-corrected chi connectivity index (χ2v) is 5.08. The summed E-state index contributed by atoms with van der Waals surface area (Å²) in [5, 5.41) is 11.5. The van der Waals surface area contributed by atoms with Gasteiger partial charge in [-0.25, -0.2) is 4.79 Å². The number of anilines is 1. The van der Waals surface area contributed by atoms with Crippen LogP contribution < -0.4 is 11.1 Å². The molecule has 5 nitrogen and oxygen atoms in total. The van der Waals surface area contributed by atoms with Crippen molar-refractivity contribution in [3.05, 3.63) is 28.2 Å². The van der Waals surface area contributed by atoms with Gasteiger partial charge in [0.2, 0.25) is 5.91 Å². The van der Waals surface area contributed by atoms with Crippen molar-refractivity contribution in [3.63, 3.8) is 0 Å². The highest BCUT2D eigenvalue weighted by Crippen LogP contribution is 2.24. The van der Waals surface area contributed by atoms with Crippen LogP contribution in [0.2, 0.25) is 0 Å². The van der Waals surface area contributed by atoms with Gasteiger partial charge in [-0.15, -0.1) is 0 Å². The van der Waals surface area contributed by atoms with E-state index in [1.807, 2.05) is 6.92 Å². The largest absolute Gasteiger partial charge is 0.478 e. The Balaban J connectivity index is 3.01. The van der Waals surface area contributed by atoms with Crippen molar-refractivity contribution in [1.29, 1.82) is 0 Å². The molecule has 1 aromatic rings. The summed E-state index contributed by atoms with van der Waals surface area (Å²) in [5.74, 6) is -1.41. The molecule has 1 aromatic carbocycles. The second kappa shape index (κ2) is 5.49. The summed E-state index contributed by atoms with van der Waals surface area (Å²) in [6.07, 6.45) is 0.481. The van der Waals surface area contributed by atoms with E-state index in [4.69, 9.17) is 10.8 Å². The van der Waals surface area contributed by atoms with Crippen molar-refractivity contribution in [2.45, 2.75) is 25.8 Å². The SMILES string of the molecule is CCC(C)(N)C(=O)Nc1cc(C(=O)O)ccc1Br. The minimum absolute atomic E-state index is 0.101. The van der Waals surface area contributed by atoms with Gasteiger partial charge in [-0.3, -0.25) is 4.79 Å². The van der Waals surface area contributed by atoms with Crippen LogP contribution in [-0.2, 0) is 4.79 Å². The summed E-state index contributed by atoms with van der Waals surface area (Å²) >= 11 is 3.25. The lowest BCUT2D eigenvalue weighted by atomic mass is 9.99. The Labute approximate surface area is 113 Å². The Hall–Kier alpha value is -1.40. The molecule has 0 heterocycles. The van der Waals surface area contributed by atoms with Crippen LogP contribution in [0, 0.1) is 0 Å². The molecule has 98 valence electrons. The van der Waals surface area contributed by atoms with E-state index in [1.54, 1.807) is 13.0 Å². The zero-order valence-corrected chi connectivity index (χ0v) is 11.7. The fourth-order valence-electron chi connectivity index (χ4n) is 1.18. The first-order valence-corrected chi connectivity index (χ1v) is 6.20. The standard InChI is InChI=1S/C12H15BrN2O3/c1-3-12(2,14)11(18)15-9-6-7(10(16)17)4-5-8(9)13/h4-6H,3,14H2,1-2H3,(H,15,18)(H,16,17). The molecule has 6 heteroatoms. The van der Waals surface area contributed by atoms with Gasteiger partial charge in [-0.1, -0.05) is 6.92 Å². The van der Waals surface area contributed by atoms with Gasteiger partial charge in [0, 0.05) is 4.47 Å². The molecule has 0 spiro atoms. The summed E-state index contributed by atoms with van der Waals surface area (Å²) in [4.78, 5) is 22.7. The van der Waals surface area contributed by atoms with Gasteiger partial charge in [0.25, 0.3) is 0 Å². The molecule has 0 fully saturated rings. The molecule has 18 heavy (non-hydrogen) atoms. The number of hydrogen-bond acceptors (Lipinski definition) is 3. The highest BCUT2D eigenvalue weighted by molar-refractivity contribution is 9.10. The number of carbonyl (C=O) groups is 2. The highest BCUT2D eigenvalue weighted by Gasteiger charge is 2.26. The first-order chi connectivity index (χ1) is 8.27. The minimum atomic E-state index is -1.05. The fourth-order valence-corrected chi connectivity index (χ4v) is 1.53. The number of amides is 1. The maximum absolute atomic E-state index is 11.9. The molecule has 0 bridgehead atoms. The lowest BCUT2D eigenvalue weighted by Gasteiger charge is -2.22. The van der Waals surface area contributed by atoms with Crippen molar-refractivity contribution in [1.82, 2.24) is 0 Å². The maximum atomic E-state index is 11.9. The van der Waals surface area contributed by atoms with E-state index in [-0.39, 0.29) is 11.5 Å². The molecule has 0 radical (unpaired) electrons. The van der Waals surface area contributed by atoms with E-state index in [0.29, 0.717) is 16.6 Å². The number of carboxylic acid groups (broad SMARTS) is 1. The number of aromatic carboxylic acids is 1. The molecule has 4 N–H and O–H groups in total. The molecule has 0 saturated carbocycles. The van der Waals surface area contributed by atoms with E-state index < -0.39 is 11.5 Å². The smallest absolute Gasteiger partial charge is 0.335 e. The Bertz CT molecular complexity index is 486. The van der Waals surface area contributed by atoms with Crippen LogP contribution in [0.25, 0.3) is 0 Å². The predicted molar refractivity (Wildman–Crippen MR) is 72.6 cm³/mol. The highest BCUT2D eigenvalue weighted by atomic mass is 79.9. The Morgan fingerprint density at radius 2 is 2.11 bits per heavy atom. The third kappa shape index (κ3) is 3.30. The predicted octanol–water partition coefficient (Wildman–Crippen LogP) is 2.21. The first-order valence-electron chi connectivity index (χ1n) is 5.41. The summed E-state index contributed by atoms with van der Waals surface area (Å²) in [6, 6.07) is 4.40. The molecular formula is C12H15BrN2O3. The van der Waals surface area contributed by atoms with Gasteiger partial charge >= 0.3 is 5.97 Å². The van der Waals surface area contributed by atoms with E-state index in [9.17, 15) is 9.59 Å². The lowest BCUT2D eigenvalue weighted by molar-refractivity contribution is -0.120. The summed E-state index contributed by atoms with van der Waals surface area (Å²) in [6.45, 7) is 3.43. The lowest BCUT2D eigenvalue weighted by Crippen LogP contribution is -2.47. The Morgan fingerprint density at radius 3 is 2.61 bits per heavy atom. The van der Waals surface area contributed by atoms with Crippen molar-refractivity contribution >= 4 is 33.5 Å². The number of carboxylic acids is 1. The molecule has 0 aliphatic rings.